The second-order valence-electron chi connectivity index (χ2n) is 5.26. The molecule has 3 rings (SSSR count). The summed E-state index contributed by atoms with van der Waals surface area (Å²) in [5.41, 5.74) is 3.33. The van der Waals surface area contributed by atoms with Crippen molar-refractivity contribution in [1.82, 2.24) is 24.7 Å². The second kappa shape index (κ2) is 5.16. The van der Waals surface area contributed by atoms with Crippen molar-refractivity contribution in [3.8, 4) is 0 Å². The quantitative estimate of drug-likeness (QED) is 0.792. The molecular weight excluding hydrogens is 268 g/mol. The second-order valence-corrected chi connectivity index (χ2v) is 5.26. The Morgan fingerprint density at radius 1 is 1.29 bits per heavy atom. The number of anilines is 1. The Kier molecular flexibility index (Phi) is 3.32. The molecule has 21 heavy (non-hydrogen) atoms. The van der Waals surface area contributed by atoms with E-state index in [1.165, 1.54) is 6.33 Å². The van der Waals surface area contributed by atoms with Gasteiger partial charge in [-0.1, -0.05) is 0 Å². The summed E-state index contributed by atoms with van der Waals surface area (Å²) in [4.78, 5) is 12.6. The number of nitrogens with zero attached hydrogens (tertiary/aromatic N) is 5. The highest BCUT2D eigenvalue weighted by molar-refractivity contribution is 5.80. The van der Waals surface area contributed by atoms with E-state index in [1.54, 1.807) is 6.92 Å². The van der Waals surface area contributed by atoms with Crippen LogP contribution < -0.4 is 5.32 Å². The third kappa shape index (κ3) is 2.72. The lowest BCUT2D eigenvalue weighted by Gasteiger charge is -2.15. The molecular formula is C14H18N6O. The van der Waals surface area contributed by atoms with Gasteiger partial charge in [-0.05, 0) is 26.8 Å². The Bertz CT molecular complexity index is 775. The summed E-state index contributed by atoms with van der Waals surface area (Å²) in [7, 11) is 0. The normalized spacial score (nSPS) is 12.8. The molecule has 0 saturated heterocycles. The van der Waals surface area contributed by atoms with Gasteiger partial charge in [0.05, 0.1) is 12.2 Å². The monoisotopic (exact) mass is 286 g/mol. The minimum atomic E-state index is 0.151. The van der Waals surface area contributed by atoms with Crippen molar-refractivity contribution in [2.24, 2.45) is 0 Å². The average Bonchev–Trinajstić information content (AvgIpc) is 2.92. The standard InChI is InChI=1S/C14H18N6O/c1-8-5-10(3)20(19-8)6-9(2)17-13-12-14(16-7-15-13)21-11(4)18-12/h5,7,9H,6H2,1-4H3,(H,15,16,17). The summed E-state index contributed by atoms with van der Waals surface area (Å²) >= 11 is 0. The Labute approximate surface area is 122 Å². The lowest BCUT2D eigenvalue weighted by atomic mass is 10.3. The Hall–Kier alpha value is -2.44. The summed E-state index contributed by atoms with van der Waals surface area (Å²) in [5, 5.41) is 7.82. The van der Waals surface area contributed by atoms with Crippen LogP contribution in [0.2, 0.25) is 0 Å². The Balaban J connectivity index is 1.80. The molecule has 0 aromatic carbocycles. The van der Waals surface area contributed by atoms with Crippen molar-refractivity contribution in [2.45, 2.75) is 40.3 Å². The molecule has 7 nitrogen and oxygen atoms in total. The highest BCUT2D eigenvalue weighted by Crippen LogP contribution is 2.19. The van der Waals surface area contributed by atoms with E-state index in [2.05, 4.69) is 45.3 Å². The number of fused-ring (bicyclic) bond motifs is 1. The summed E-state index contributed by atoms with van der Waals surface area (Å²) in [6, 6.07) is 2.22. The molecule has 1 unspecified atom stereocenters. The zero-order chi connectivity index (χ0) is 15.0. The summed E-state index contributed by atoms with van der Waals surface area (Å²) in [5.74, 6) is 1.27. The lowest BCUT2D eigenvalue weighted by molar-refractivity contribution is 0.544. The van der Waals surface area contributed by atoms with E-state index < -0.39 is 0 Å². The van der Waals surface area contributed by atoms with Crippen LogP contribution in [0, 0.1) is 20.8 Å². The molecule has 3 aromatic rings. The predicted molar refractivity (Wildman–Crippen MR) is 79.1 cm³/mol. The third-order valence-corrected chi connectivity index (χ3v) is 3.24. The zero-order valence-corrected chi connectivity index (χ0v) is 12.6. The van der Waals surface area contributed by atoms with E-state index in [0.717, 1.165) is 17.9 Å². The van der Waals surface area contributed by atoms with E-state index in [1.807, 2.05) is 11.6 Å². The van der Waals surface area contributed by atoms with Crippen molar-refractivity contribution in [2.75, 3.05) is 5.32 Å². The molecule has 0 bridgehead atoms. The number of nitrogens with one attached hydrogen (secondary N) is 1. The van der Waals surface area contributed by atoms with Crippen LogP contribution in [0.25, 0.3) is 11.2 Å². The van der Waals surface area contributed by atoms with E-state index in [4.69, 9.17) is 4.42 Å². The molecule has 0 fully saturated rings. The van der Waals surface area contributed by atoms with Gasteiger partial charge in [0.25, 0.3) is 5.71 Å². The van der Waals surface area contributed by atoms with Crippen molar-refractivity contribution in [3.63, 3.8) is 0 Å². The number of hydrogen-bond donors (Lipinski definition) is 1. The molecule has 3 heterocycles. The Morgan fingerprint density at radius 3 is 2.81 bits per heavy atom. The largest absolute Gasteiger partial charge is 0.422 e. The lowest BCUT2D eigenvalue weighted by Crippen LogP contribution is -2.24. The van der Waals surface area contributed by atoms with Gasteiger partial charge in [0.2, 0.25) is 0 Å². The molecule has 0 aliphatic carbocycles. The van der Waals surface area contributed by atoms with Crippen molar-refractivity contribution >= 4 is 17.0 Å². The van der Waals surface area contributed by atoms with E-state index in [9.17, 15) is 0 Å². The van der Waals surface area contributed by atoms with Gasteiger partial charge >= 0.3 is 0 Å². The number of rotatable bonds is 4. The number of aryl methyl sites for hydroxylation is 3. The van der Waals surface area contributed by atoms with Gasteiger partial charge in [-0.25, -0.2) is 9.97 Å². The van der Waals surface area contributed by atoms with Gasteiger partial charge in [0.15, 0.2) is 17.2 Å². The molecule has 0 aliphatic heterocycles. The highest BCUT2D eigenvalue weighted by Gasteiger charge is 2.13. The van der Waals surface area contributed by atoms with Crippen LogP contribution in [0.1, 0.15) is 24.2 Å². The van der Waals surface area contributed by atoms with E-state index in [0.29, 0.717) is 22.9 Å². The molecule has 0 amide bonds. The van der Waals surface area contributed by atoms with Gasteiger partial charge in [-0.2, -0.15) is 10.1 Å². The van der Waals surface area contributed by atoms with Gasteiger partial charge in [-0.3, -0.25) is 4.68 Å². The maximum atomic E-state index is 5.41. The fraction of sp³-hybridized carbons (Fsp3) is 0.429. The minimum Gasteiger partial charge on any atom is -0.422 e. The first-order chi connectivity index (χ1) is 10.0. The van der Waals surface area contributed by atoms with E-state index >= 15 is 0 Å². The highest BCUT2D eigenvalue weighted by atomic mass is 16.4. The van der Waals surface area contributed by atoms with Crippen LogP contribution in [0.3, 0.4) is 0 Å². The zero-order valence-electron chi connectivity index (χ0n) is 12.6. The smallest absolute Gasteiger partial charge is 0.252 e. The number of hydrogen-bond acceptors (Lipinski definition) is 6. The van der Waals surface area contributed by atoms with Crippen molar-refractivity contribution < 1.29 is 4.42 Å². The molecule has 1 N–H and O–H groups in total. The predicted octanol–water partition coefficient (Wildman–Crippen LogP) is 2.24. The topological polar surface area (TPSA) is 81.7 Å². The molecule has 7 heteroatoms. The summed E-state index contributed by atoms with van der Waals surface area (Å²) < 4.78 is 7.40. The van der Waals surface area contributed by atoms with Gasteiger partial charge in [0.1, 0.15) is 6.33 Å². The molecule has 0 spiro atoms. The van der Waals surface area contributed by atoms with E-state index in [-0.39, 0.29) is 6.04 Å². The average molecular weight is 286 g/mol. The molecule has 3 aromatic heterocycles. The van der Waals surface area contributed by atoms with Crippen LogP contribution in [-0.2, 0) is 6.54 Å². The van der Waals surface area contributed by atoms with Crippen LogP contribution in [0.5, 0.6) is 0 Å². The molecule has 0 saturated carbocycles. The number of oxazole rings is 1. The Morgan fingerprint density at radius 2 is 2.10 bits per heavy atom. The SMILES string of the molecule is Cc1cc(C)n(CC(C)Nc2ncnc3oc(C)nc23)n1. The molecule has 0 radical (unpaired) electrons. The molecule has 0 aliphatic rings. The molecule has 1 atom stereocenters. The van der Waals surface area contributed by atoms with Crippen LogP contribution in [0.4, 0.5) is 5.82 Å². The van der Waals surface area contributed by atoms with Crippen molar-refractivity contribution in [3.05, 3.63) is 29.7 Å². The maximum absolute atomic E-state index is 5.41. The number of aromatic nitrogens is 5. The van der Waals surface area contributed by atoms with Gasteiger partial charge < -0.3 is 9.73 Å². The first kappa shape index (κ1) is 13.5. The van der Waals surface area contributed by atoms with Crippen LogP contribution in [0.15, 0.2) is 16.8 Å². The summed E-state index contributed by atoms with van der Waals surface area (Å²) in [6.45, 7) is 8.68. The maximum Gasteiger partial charge on any atom is 0.252 e. The third-order valence-electron chi connectivity index (χ3n) is 3.24. The first-order valence-corrected chi connectivity index (χ1v) is 6.88. The van der Waals surface area contributed by atoms with Crippen molar-refractivity contribution in [1.29, 1.82) is 0 Å². The molecule has 110 valence electrons. The van der Waals surface area contributed by atoms with Gasteiger partial charge in [-0.15, -0.1) is 0 Å². The fourth-order valence-corrected chi connectivity index (χ4v) is 2.36. The first-order valence-electron chi connectivity index (χ1n) is 6.88. The van der Waals surface area contributed by atoms with Crippen LogP contribution in [-0.4, -0.2) is 30.8 Å². The fourth-order valence-electron chi connectivity index (χ4n) is 2.36. The van der Waals surface area contributed by atoms with Crippen LogP contribution >= 0.6 is 0 Å². The minimum absolute atomic E-state index is 0.151. The summed E-state index contributed by atoms with van der Waals surface area (Å²) in [6.07, 6.45) is 1.48. The van der Waals surface area contributed by atoms with Gasteiger partial charge in [0, 0.05) is 18.7 Å².